The van der Waals surface area contributed by atoms with Gasteiger partial charge < -0.3 is 10.0 Å². The highest BCUT2D eigenvalue weighted by Crippen LogP contribution is 2.62. The molecule has 1 aromatic rings. The summed E-state index contributed by atoms with van der Waals surface area (Å²) < 4.78 is 0. The predicted octanol–water partition coefficient (Wildman–Crippen LogP) is 1.80. The molecule has 1 saturated carbocycles. The first-order valence-corrected chi connectivity index (χ1v) is 9.30. The molecular weight excluding hydrogens is 300 g/mol. The van der Waals surface area contributed by atoms with E-state index >= 15 is 0 Å². The normalized spacial score (nSPS) is 33.5. The third-order valence-electron chi connectivity index (χ3n) is 6.28. The number of β-amino-alcohol motifs (C(OH)–C–C–N with tert-alkyl or cyclic N) is 1. The van der Waals surface area contributed by atoms with Crippen LogP contribution in [-0.4, -0.2) is 59.1 Å². The molecule has 4 atom stereocenters. The number of carbonyl (C=O) groups is 1. The van der Waals surface area contributed by atoms with E-state index < -0.39 is 0 Å². The topological polar surface area (TPSA) is 43.8 Å². The Morgan fingerprint density at radius 1 is 1.38 bits per heavy atom. The Labute approximate surface area is 144 Å². The number of aliphatic hydroxyl groups excluding tert-OH is 1. The molecule has 0 unspecified atom stereocenters. The zero-order valence-corrected chi connectivity index (χ0v) is 14.7. The van der Waals surface area contributed by atoms with E-state index in [1.807, 2.05) is 6.92 Å². The number of benzene rings is 1. The van der Waals surface area contributed by atoms with Crippen molar-refractivity contribution in [2.24, 2.45) is 5.92 Å². The lowest BCUT2D eigenvalue weighted by Crippen LogP contribution is -2.55. The second-order valence-electron chi connectivity index (χ2n) is 8.06. The van der Waals surface area contributed by atoms with Crippen molar-refractivity contribution in [2.75, 3.05) is 26.2 Å². The van der Waals surface area contributed by atoms with Gasteiger partial charge >= 0.3 is 0 Å². The van der Waals surface area contributed by atoms with E-state index in [2.05, 4.69) is 41.0 Å². The van der Waals surface area contributed by atoms with Crippen LogP contribution in [0.2, 0.25) is 0 Å². The quantitative estimate of drug-likeness (QED) is 0.920. The molecule has 4 heteroatoms. The molecule has 4 nitrogen and oxygen atoms in total. The third kappa shape index (κ3) is 2.56. The Morgan fingerprint density at radius 2 is 2.17 bits per heavy atom. The van der Waals surface area contributed by atoms with Gasteiger partial charge in [0.15, 0.2) is 0 Å². The van der Waals surface area contributed by atoms with Gasteiger partial charge in [-0.15, -0.1) is 0 Å². The molecule has 3 aliphatic rings. The Bertz CT molecular complexity index is 644. The van der Waals surface area contributed by atoms with Crippen LogP contribution in [0.1, 0.15) is 37.8 Å². The standard InChI is InChI=1S/C20H28N2O2/c1-14-12-21(13-15(2)23)9-10-22(14)19(24)18-11-20(18)8-7-16-5-3-4-6-17(16)20/h3-6,14-15,18,23H,7-13H2,1-2H3/t14-,15+,18+,20-/m1/s1. The minimum atomic E-state index is -0.304. The van der Waals surface area contributed by atoms with Crippen molar-refractivity contribution < 1.29 is 9.90 Å². The number of aliphatic hydroxyl groups is 1. The molecule has 0 aromatic heterocycles. The lowest BCUT2D eigenvalue weighted by atomic mass is 9.94. The maximum absolute atomic E-state index is 13.1. The van der Waals surface area contributed by atoms with Gasteiger partial charge in [0.1, 0.15) is 0 Å². The molecule has 2 aliphatic carbocycles. The molecule has 0 bridgehead atoms. The SMILES string of the molecule is C[C@H](O)CN1CCN(C(=O)[C@@H]2C[C@@]23CCc2ccccc23)[C@H](C)C1. The molecule has 2 fully saturated rings. The first-order valence-electron chi connectivity index (χ1n) is 9.30. The summed E-state index contributed by atoms with van der Waals surface area (Å²) in [6.45, 7) is 7.20. The molecule has 1 amide bonds. The number of amides is 1. The van der Waals surface area contributed by atoms with Crippen LogP contribution in [0.4, 0.5) is 0 Å². The predicted molar refractivity (Wildman–Crippen MR) is 93.8 cm³/mol. The summed E-state index contributed by atoms with van der Waals surface area (Å²) in [5.74, 6) is 0.544. The summed E-state index contributed by atoms with van der Waals surface area (Å²) in [4.78, 5) is 17.5. The Morgan fingerprint density at radius 3 is 2.92 bits per heavy atom. The van der Waals surface area contributed by atoms with E-state index in [1.54, 1.807) is 0 Å². The Hall–Kier alpha value is -1.39. The van der Waals surface area contributed by atoms with E-state index in [0.717, 1.165) is 38.9 Å². The minimum Gasteiger partial charge on any atom is -0.392 e. The Kier molecular flexibility index (Phi) is 3.92. The first-order chi connectivity index (χ1) is 11.5. The van der Waals surface area contributed by atoms with Crippen LogP contribution in [0.15, 0.2) is 24.3 Å². The highest BCUT2D eigenvalue weighted by atomic mass is 16.3. The average molecular weight is 328 g/mol. The molecule has 1 aromatic carbocycles. The first kappa shape index (κ1) is 16.1. The van der Waals surface area contributed by atoms with Crippen LogP contribution in [0.25, 0.3) is 0 Å². The molecule has 1 heterocycles. The largest absolute Gasteiger partial charge is 0.392 e. The monoisotopic (exact) mass is 328 g/mol. The number of rotatable bonds is 3. The van der Waals surface area contributed by atoms with Crippen LogP contribution in [-0.2, 0) is 16.6 Å². The summed E-state index contributed by atoms with van der Waals surface area (Å²) >= 11 is 0. The number of hydrogen-bond donors (Lipinski definition) is 1. The molecule has 130 valence electrons. The van der Waals surface area contributed by atoms with Crippen molar-refractivity contribution in [1.29, 1.82) is 0 Å². The van der Waals surface area contributed by atoms with Crippen LogP contribution >= 0.6 is 0 Å². The van der Waals surface area contributed by atoms with E-state index in [-0.39, 0.29) is 23.5 Å². The summed E-state index contributed by atoms with van der Waals surface area (Å²) in [5.41, 5.74) is 3.02. The second kappa shape index (κ2) is 5.85. The van der Waals surface area contributed by atoms with Gasteiger partial charge in [0, 0.05) is 43.6 Å². The van der Waals surface area contributed by atoms with E-state index in [1.165, 1.54) is 11.1 Å². The smallest absolute Gasteiger partial charge is 0.226 e. The van der Waals surface area contributed by atoms with Crippen molar-refractivity contribution >= 4 is 5.91 Å². The molecule has 24 heavy (non-hydrogen) atoms. The third-order valence-corrected chi connectivity index (χ3v) is 6.28. The van der Waals surface area contributed by atoms with E-state index in [4.69, 9.17) is 0 Å². The maximum atomic E-state index is 13.1. The van der Waals surface area contributed by atoms with E-state index in [0.29, 0.717) is 12.5 Å². The zero-order valence-electron chi connectivity index (χ0n) is 14.7. The molecule has 1 spiro atoms. The summed E-state index contributed by atoms with van der Waals surface area (Å²) in [7, 11) is 0. The minimum absolute atomic E-state index is 0.143. The molecular formula is C20H28N2O2. The summed E-state index contributed by atoms with van der Waals surface area (Å²) in [6.07, 6.45) is 2.99. The number of fused-ring (bicyclic) bond motifs is 2. The van der Waals surface area contributed by atoms with Gasteiger partial charge in [0.05, 0.1) is 6.10 Å². The Balaban J connectivity index is 1.43. The molecule has 4 rings (SSSR count). The van der Waals surface area contributed by atoms with Gasteiger partial charge in [-0.3, -0.25) is 9.69 Å². The molecule has 1 saturated heterocycles. The lowest BCUT2D eigenvalue weighted by molar-refractivity contribution is -0.137. The van der Waals surface area contributed by atoms with E-state index in [9.17, 15) is 9.90 Å². The molecule has 1 N–H and O–H groups in total. The fraction of sp³-hybridized carbons (Fsp3) is 0.650. The van der Waals surface area contributed by atoms with Gasteiger partial charge in [-0.25, -0.2) is 0 Å². The fourth-order valence-electron chi connectivity index (χ4n) is 5.02. The summed E-state index contributed by atoms with van der Waals surface area (Å²) in [6, 6.07) is 8.92. The fourth-order valence-corrected chi connectivity index (χ4v) is 5.02. The zero-order chi connectivity index (χ0) is 16.9. The van der Waals surface area contributed by atoms with Crippen molar-refractivity contribution in [3.63, 3.8) is 0 Å². The number of piperazine rings is 1. The van der Waals surface area contributed by atoms with Crippen molar-refractivity contribution in [2.45, 2.75) is 50.7 Å². The number of carbonyl (C=O) groups excluding carboxylic acids is 1. The van der Waals surface area contributed by atoms with Gasteiger partial charge in [0.25, 0.3) is 0 Å². The van der Waals surface area contributed by atoms with Crippen LogP contribution in [0, 0.1) is 5.92 Å². The molecule has 0 radical (unpaired) electrons. The van der Waals surface area contributed by atoms with Crippen molar-refractivity contribution in [1.82, 2.24) is 9.80 Å². The highest BCUT2D eigenvalue weighted by molar-refractivity contribution is 5.85. The van der Waals surface area contributed by atoms with Gasteiger partial charge in [0.2, 0.25) is 5.91 Å². The van der Waals surface area contributed by atoms with Crippen LogP contribution in [0.3, 0.4) is 0 Å². The summed E-state index contributed by atoms with van der Waals surface area (Å²) in [5, 5.41) is 9.57. The maximum Gasteiger partial charge on any atom is 0.226 e. The van der Waals surface area contributed by atoms with Gasteiger partial charge in [-0.2, -0.15) is 0 Å². The highest BCUT2D eigenvalue weighted by Gasteiger charge is 2.62. The van der Waals surface area contributed by atoms with Crippen LogP contribution in [0.5, 0.6) is 0 Å². The van der Waals surface area contributed by atoms with Gasteiger partial charge in [-0.05, 0) is 44.2 Å². The lowest BCUT2D eigenvalue weighted by Gasteiger charge is -2.40. The number of hydrogen-bond acceptors (Lipinski definition) is 3. The van der Waals surface area contributed by atoms with Crippen molar-refractivity contribution in [3.8, 4) is 0 Å². The number of nitrogens with zero attached hydrogens (tertiary/aromatic N) is 2. The van der Waals surface area contributed by atoms with Crippen molar-refractivity contribution in [3.05, 3.63) is 35.4 Å². The number of aryl methyl sites for hydroxylation is 1. The second-order valence-corrected chi connectivity index (χ2v) is 8.06. The molecule has 1 aliphatic heterocycles. The average Bonchev–Trinajstić information content (AvgIpc) is 3.16. The van der Waals surface area contributed by atoms with Crippen LogP contribution < -0.4 is 0 Å². The van der Waals surface area contributed by atoms with Gasteiger partial charge in [-0.1, -0.05) is 24.3 Å².